The van der Waals surface area contributed by atoms with Crippen molar-refractivity contribution in [1.82, 2.24) is 15.5 Å². The normalized spacial score (nSPS) is 18.8. The van der Waals surface area contributed by atoms with Crippen LogP contribution in [0.5, 0.6) is 0 Å². The summed E-state index contributed by atoms with van der Waals surface area (Å²) in [6.07, 6.45) is 2.84. The minimum absolute atomic E-state index is 0.465. The molecule has 1 fully saturated rings. The summed E-state index contributed by atoms with van der Waals surface area (Å²) in [5.41, 5.74) is 2.42. The molecule has 0 radical (unpaired) electrons. The molecule has 0 unspecified atom stereocenters. The van der Waals surface area contributed by atoms with E-state index in [1.165, 1.54) is 16.2 Å². The first kappa shape index (κ1) is 22.5. The summed E-state index contributed by atoms with van der Waals surface area (Å²) in [5.74, 6) is 1.21. The zero-order valence-corrected chi connectivity index (χ0v) is 17.6. The van der Waals surface area contributed by atoms with Gasteiger partial charge < -0.3 is 15.5 Å². The predicted molar refractivity (Wildman–Crippen MR) is 116 cm³/mol. The molecular formula is C22H32F3N5. The molecule has 2 aliphatic heterocycles. The van der Waals surface area contributed by atoms with E-state index in [4.69, 9.17) is 0 Å². The van der Waals surface area contributed by atoms with Crippen molar-refractivity contribution in [3.8, 4) is 0 Å². The number of halogens is 3. The Hall–Kier alpha value is -2.22. The van der Waals surface area contributed by atoms with E-state index in [-0.39, 0.29) is 0 Å². The van der Waals surface area contributed by atoms with Crippen LogP contribution in [0.3, 0.4) is 0 Å². The quantitative estimate of drug-likeness (QED) is 0.401. The van der Waals surface area contributed by atoms with Crippen LogP contribution in [-0.2, 0) is 6.54 Å². The number of benzene rings is 1. The highest BCUT2D eigenvalue weighted by Crippen LogP contribution is 2.24. The van der Waals surface area contributed by atoms with E-state index in [0.717, 1.165) is 44.9 Å². The minimum Gasteiger partial charge on any atom is -0.364 e. The number of likely N-dealkylation sites (tertiary alicyclic amines) is 1. The Morgan fingerprint density at radius 3 is 2.33 bits per heavy atom. The molecule has 30 heavy (non-hydrogen) atoms. The number of hydrogen-bond acceptors (Lipinski definition) is 3. The summed E-state index contributed by atoms with van der Waals surface area (Å²) in [4.78, 5) is 8.08. The van der Waals surface area contributed by atoms with Gasteiger partial charge in [-0.1, -0.05) is 24.3 Å². The van der Waals surface area contributed by atoms with Gasteiger partial charge in [0, 0.05) is 38.9 Å². The number of rotatable bonds is 7. The molecule has 0 bridgehead atoms. The molecule has 1 saturated heterocycles. The number of aliphatic imine (C=N–C) groups is 1. The number of anilines is 1. The summed E-state index contributed by atoms with van der Waals surface area (Å²) >= 11 is 0. The standard InChI is InChI=1S/C22H32F3N5/c1-26-21(27-11-8-18-9-14-29(15-10-18)17-22(23,24)25)28-16-19-4-6-20(7-5-19)30-12-2-3-13-30/h2-7,18H,8-17H2,1H3,(H2,26,27,28). The summed E-state index contributed by atoms with van der Waals surface area (Å²) < 4.78 is 37.4. The molecule has 0 aliphatic carbocycles. The molecule has 0 spiro atoms. The number of piperidine rings is 1. The second kappa shape index (κ2) is 10.7. The monoisotopic (exact) mass is 423 g/mol. The van der Waals surface area contributed by atoms with Crippen LogP contribution in [0, 0.1) is 5.92 Å². The second-order valence-electron chi connectivity index (χ2n) is 8.02. The number of guanidine groups is 1. The lowest BCUT2D eigenvalue weighted by Gasteiger charge is -2.32. The Morgan fingerprint density at radius 1 is 1.07 bits per heavy atom. The van der Waals surface area contributed by atoms with Crippen LogP contribution in [0.15, 0.2) is 41.4 Å². The van der Waals surface area contributed by atoms with Crippen molar-refractivity contribution in [2.45, 2.75) is 32.0 Å². The third-order valence-electron chi connectivity index (χ3n) is 5.76. The maximum Gasteiger partial charge on any atom is 0.401 e. The average Bonchev–Trinajstić information content (AvgIpc) is 3.26. The zero-order chi connectivity index (χ0) is 21.4. The molecule has 3 rings (SSSR count). The molecule has 0 amide bonds. The van der Waals surface area contributed by atoms with Crippen molar-refractivity contribution in [1.29, 1.82) is 0 Å². The van der Waals surface area contributed by atoms with Gasteiger partial charge in [-0.05, 0) is 56.0 Å². The largest absolute Gasteiger partial charge is 0.401 e. The van der Waals surface area contributed by atoms with Crippen LogP contribution in [0.2, 0.25) is 0 Å². The van der Waals surface area contributed by atoms with Gasteiger partial charge >= 0.3 is 6.18 Å². The van der Waals surface area contributed by atoms with Crippen LogP contribution in [0.4, 0.5) is 18.9 Å². The Morgan fingerprint density at radius 2 is 1.73 bits per heavy atom. The molecule has 1 aromatic carbocycles. The first-order valence-electron chi connectivity index (χ1n) is 10.7. The number of alkyl halides is 3. The first-order chi connectivity index (χ1) is 14.4. The SMILES string of the molecule is CN=C(NCCC1CCN(CC(F)(F)F)CC1)NCc1ccc(N2CC=CC2)cc1. The number of nitrogens with one attached hydrogen (secondary N) is 2. The van der Waals surface area contributed by atoms with Crippen molar-refractivity contribution < 1.29 is 13.2 Å². The van der Waals surface area contributed by atoms with Crippen LogP contribution in [0.25, 0.3) is 0 Å². The molecule has 0 atom stereocenters. The molecule has 2 heterocycles. The second-order valence-corrected chi connectivity index (χ2v) is 8.02. The summed E-state index contributed by atoms with van der Waals surface area (Å²) in [5, 5.41) is 6.65. The Bertz CT molecular complexity index is 698. The smallest absolute Gasteiger partial charge is 0.364 e. The highest BCUT2D eigenvalue weighted by atomic mass is 19.4. The van der Waals surface area contributed by atoms with E-state index in [1.54, 1.807) is 7.05 Å². The van der Waals surface area contributed by atoms with E-state index in [9.17, 15) is 13.2 Å². The summed E-state index contributed by atoms with van der Waals surface area (Å²) in [7, 11) is 1.74. The van der Waals surface area contributed by atoms with Crippen molar-refractivity contribution >= 4 is 11.6 Å². The number of hydrogen-bond donors (Lipinski definition) is 2. The van der Waals surface area contributed by atoms with Gasteiger partial charge in [0.25, 0.3) is 0 Å². The Balaban J connectivity index is 1.32. The lowest BCUT2D eigenvalue weighted by Crippen LogP contribution is -2.41. The van der Waals surface area contributed by atoms with Crippen molar-refractivity contribution in [3.05, 3.63) is 42.0 Å². The van der Waals surface area contributed by atoms with Gasteiger partial charge in [-0.3, -0.25) is 9.89 Å². The van der Waals surface area contributed by atoms with Gasteiger partial charge in [-0.2, -0.15) is 13.2 Å². The molecule has 1 aromatic rings. The minimum atomic E-state index is -4.10. The van der Waals surface area contributed by atoms with Gasteiger partial charge in [0.05, 0.1) is 6.54 Å². The third kappa shape index (κ3) is 7.23. The van der Waals surface area contributed by atoms with Crippen molar-refractivity contribution in [2.75, 3.05) is 51.2 Å². The fraction of sp³-hybridized carbons (Fsp3) is 0.591. The topological polar surface area (TPSA) is 42.9 Å². The summed E-state index contributed by atoms with van der Waals surface area (Å²) in [6.45, 7) is 3.66. The molecule has 5 nitrogen and oxygen atoms in total. The van der Waals surface area contributed by atoms with E-state index in [2.05, 4.69) is 56.9 Å². The van der Waals surface area contributed by atoms with Crippen LogP contribution in [0.1, 0.15) is 24.8 Å². The fourth-order valence-electron chi connectivity index (χ4n) is 4.00. The molecule has 2 aliphatic rings. The summed E-state index contributed by atoms with van der Waals surface area (Å²) in [6, 6.07) is 8.54. The molecule has 2 N–H and O–H groups in total. The highest BCUT2D eigenvalue weighted by Gasteiger charge is 2.32. The van der Waals surface area contributed by atoms with E-state index < -0.39 is 12.7 Å². The molecule has 8 heteroatoms. The molecule has 0 aromatic heterocycles. The van der Waals surface area contributed by atoms with Crippen molar-refractivity contribution in [2.24, 2.45) is 10.9 Å². The highest BCUT2D eigenvalue weighted by molar-refractivity contribution is 5.79. The van der Waals surface area contributed by atoms with E-state index >= 15 is 0 Å². The number of nitrogens with zero attached hydrogens (tertiary/aromatic N) is 3. The lowest BCUT2D eigenvalue weighted by molar-refractivity contribution is -0.148. The molecular weight excluding hydrogens is 391 g/mol. The average molecular weight is 424 g/mol. The Kier molecular flexibility index (Phi) is 8.01. The van der Waals surface area contributed by atoms with E-state index in [1.807, 2.05) is 0 Å². The van der Waals surface area contributed by atoms with Crippen LogP contribution < -0.4 is 15.5 Å². The van der Waals surface area contributed by atoms with Gasteiger partial charge in [-0.25, -0.2) is 0 Å². The predicted octanol–water partition coefficient (Wildman–Crippen LogP) is 3.39. The lowest BCUT2D eigenvalue weighted by atomic mass is 9.93. The maximum atomic E-state index is 12.5. The van der Waals surface area contributed by atoms with Gasteiger partial charge in [0.2, 0.25) is 0 Å². The first-order valence-corrected chi connectivity index (χ1v) is 10.7. The van der Waals surface area contributed by atoms with E-state index in [0.29, 0.717) is 25.6 Å². The fourth-order valence-corrected chi connectivity index (χ4v) is 4.00. The molecule has 0 saturated carbocycles. The third-order valence-corrected chi connectivity index (χ3v) is 5.76. The zero-order valence-electron chi connectivity index (χ0n) is 17.6. The van der Waals surface area contributed by atoms with Gasteiger partial charge in [-0.15, -0.1) is 0 Å². The van der Waals surface area contributed by atoms with Crippen LogP contribution in [-0.4, -0.2) is 63.4 Å². The Labute approximate surface area is 177 Å². The maximum absolute atomic E-state index is 12.5. The molecule has 166 valence electrons. The van der Waals surface area contributed by atoms with Gasteiger partial charge in [0.1, 0.15) is 0 Å². The van der Waals surface area contributed by atoms with Gasteiger partial charge in [0.15, 0.2) is 5.96 Å². The van der Waals surface area contributed by atoms with Crippen molar-refractivity contribution in [3.63, 3.8) is 0 Å². The van der Waals surface area contributed by atoms with Crippen LogP contribution >= 0.6 is 0 Å².